The second kappa shape index (κ2) is 13.8. The second-order valence-corrected chi connectivity index (χ2v) is 12.3. The molecule has 0 heterocycles. The molecular formula is C29H30Cl2F3N3O4S. The molecule has 3 aromatic carbocycles. The number of halogens is 5. The van der Waals surface area contributed by atoms with Crippen LogP contribution in [0.25, 0.3) is 0 Å². The Hall–Kier alpha value is -3.28. The number of nitrogens with zero attached hydrogens (tertiary/aromatic N) is 2. The van der Waals surface area contributed by atoms with Gasteiger partial charge in [-0.1, -0.05) is 66.5 Å². The molecule has 0 unspecified atom stereocenters. The fourth-order valence-corrected chi connectivity index (χ4v) is 5.84. The molecule has 0 saturated heterocycles. The van der Waals surface area contributed by atoms with E-state index in [2.05, 4.69) is 5.32 Å². The van der Waals surface area contributed by atoms with Crippen LogP contribution < -0.4 is 9.62 Å². The monoisotopic (exact) mass is 643 g/mol. The molecule has 13 heteroatoms. The quantitative estimate of drug-likeness (QED) is 0.257. The van der Waals surface area contributed by atoms with Crippen LogP contribution in [-0.4, -0.2) is 43.8 Å². The summed E-state index contributed by atoms with van der Waals surface area (Å²) < 4.78 is 69.3. The molecular weight excluding hydrogens is 614 g/mol. The molecule has 0 aliphatic heterocycles. The average Bonchev–Trinajstić information content (AvgIpc) is 2.95. The van der Waals surface area contributed by atoms with Gasteiger partial charge in [-0.05, 0) is 62.2 Å². The third-order valence-electron chi connectivity index (χ3n) is 6.62. The first-order valence-corrected chi connectivity index (χ1v) is 15.1. The van der Waals surface area contributed by atoms with Gasteiger partial charge in [0.2, 0.25) is 11.8 Å². The number of benzene rings is 3. The summed E-state index contributed by atoms with van der Waals surface area (Å²) >= 11 is 12.1. The summed E-state index contributed by atoms with van der Waals surface area (Å²) in [5.41, 5.74) is -1.21. The second-order valence-electron chi connectivity index (χ2n) is 9.59. The van der Waals surface area contributed by atoms with Crippen LogP contribution in [0.15, 0.2) is 77.7 Å². The molecule has 3 rings (SSSR count). The summed E-state index contributed by atoms with van der Waals surface area (Å²) in [7, 11) is -4.56. The van der Waals surface area contributed by atoms with Crippen molar-refractivity contribution in [1.29, 1.82) is 0 Å². The maximum absolute atomic E-state index is 13.9. The lowest BCUT2D eigenvalue weighted by Crippen LogP contribution is -2.52. The van der Waals surface area contributed by atoms with Gasteiger partial charge in [0.15, 0.2) is 0 Å². The third-order valence-corrected chi connectivity index (χ3v) is 9.11. The van der Waals surface area contributed by atoms with Gasteiger partial charge in [0.05, 0.1) is 21.2 Å². The van der Waals surface area contributed by atoms with Gasteiger partial charge in [-0.3, -0.25) is 13.9 Å². The van der Waals surface area contributed by atoms with Crippen molar-refractivity contribution in [3.05, 3.63) is 94.0 Å². The topological polar surface area (TPSA) is 86.8 Å². The molecule has 0 spiro atoms. The number of rotatable bonds is 11. The van der Waals surface area contributed by atoms with Crippen LogP contribution in [0.3, 0.4) is 0 Å². The van der Waals surface area contributed by atoms with Gasteiger partial charge in [0.25, 0.3) is 10.0 Å². The van der Waals surface area contributed by atoms with E-state index >= 15 is 0 Å². The number of amides is 2. The molecule has 2 amide bonds. The highest BCUT2D eigenvalue weighted by Gasteiger charge is 2.37. The Morgan fingerprint density at radius 1 is 0.929 bits per heavy atom. The number of alkyl halides is 3. The van der Waals surface area contributed by atoms with Crippen molar-refractivity contribution in [2.75, 3.05) is 10.8 Å². The van der Waals surface area contributed by atoms with Gasteiger partial charge in [0, 0.05) is 17.6 Å². The molecule has 0 aromatic heterocycles. The molecule has 226 valence electrons. The normalized spacial score (nSPS) is 13.2. The smallest absolute Gasteiger partial charge is 0.352 e. The van der Waals surface area contributed by atoms with E-state index < -0.39 is 56.9 Å². The Morgan fingerprint density at radius 2 is 1.55 bits per heavy atom. The van der Waals surface area contributed by atoms with Crippen LogP contribution >= 0.6 is 23.2 Å². The largest absolute Gasteiger partial charge is 0.417 e. The molecule has 0 aliphatic rings. The van der Waals surface area contributed by atoms with Crippen molar-refractivity contribution in [2.45, 2.75) is 56.9 Å². The van der Waals surface area contributed by atoms with E-state index in [9.17, 15) is 31.2 Å². The van der Waals surface area contributed by atoms with Crippen LogP contribution in [0, 0.1) is 0 Å². The molecule has 0 saturated carbocycles. The Balaban J connectivity index is 2.11. The number of carbonyl (C=O) groups excluding carboxylic acids is 2. The Bertz CT molecular complexity index is 1520. The fourth-order valence-electron chi connectivity index (χ4n) is 3.99. The van der Waals surface area contributed by atoms with Crippen molar-refractivity contribution < 1.29 is 31.2 Å². The number of sulfonamides is 1. The Morgan fingerprint density at radius 3 is 2.14 bits per heavy atom. The van der Waals surface area contributed by atoms with Crippen molar-refractivity contribution in [3.63, 3.8) is 0 Å². The molecule has 0 fully saturated rings. The minimum absolute atomic E-state index is 0.165. The van der Waals surface area contributed by atoms with E-state index in [0.29, 0.717) is 27.4 Å². The zero-order valence-electron chi connectivity index (χ0n) is 23.0. The van der Waals surface area contributed by atoms with Gasteiger partial charge >= 0.3 is 6.18 Å². The maximum atomic E-state index is 13.9. The van der Waals surface area contributed by atoms with Crippen molar-refractivity contribution >= 4 is 50.7 Å². The molecule has 0 aliphatic carbocycles. The number of hydrogen-bond donors (Lipinski definition) is 1. The molecule has 3 aromatic rings. The van der Waals surface area contributed by atoms with Crippen LogP contribution in [0.2, 0.25) is 10.0 Å². The zero-order valence-corrected chi connectivity index (χ0v) is 25.4. The minimum atomic E-state index is -4.89. The first kappa shape index (κ1) is 33.2. The van der Waals surface area contributed by atoms with Gasteiger partial charge in [-0.15, -0.1) is 0 Å². The third kappa shape index (κ3) is 7.96. The lowest BCUT2D eigenvalue weighted by molar-refractivity contribution is -0.139. The average molecular weight is 645 g/mol. The first-order chi connectivity index (χ1) is 19.7. The molecule has 0 bridgehead atoms. The summed E-state index contributed by atoms with van der Waals surface area (Å²) in [4.78, 5) is 27.9. The van der Waals surface area contributed by atoms with Crippen LogP contribution in [-0.2, 0) is 32.3 Å². The highest BCUT2D eigenvalue weighted by Crippen LogP contribution is 2.38. The van der Waals surface area contributed by atoms with Gasteiger partial charge < -0.3 is 10.2 Å². The summed E-state index contributed by atoms with van der Waals surface area (Å²) in [6, 6.07) is 14.9. The first-order valence-electron chi connectivity index (χ1n) is 12.9. The number of hydrogen-bond acceptors (Lipinski definition) is 4. The predicted octanol–water partition coefficient (Wildman–Crippen LogP) is 6.54. The van der Waals surface area contributed by atoms with E-state index in [0.717, 1.165) is 17.0 Å². The summed E-state index contributed by atoms with van der Waals surface area (Å²) in [6.45, 7) is 4.06. The van der Waals surface area contributed by atoms with Crippen LogP contribution in [0.4, 0.5) is 18.9 Å². The summed E-state index contributed by atoms with van der Waals surface area (Å²) in [5, 5.41) is 2.48. The van der Waals surface area contributed by atoms with Crippen molar-refractivity contribution in [1.82, 2.24) is 10.2 Å². The van der Waals surface area contributed by atoms with Crippen LogP contribution in [0.1, 0.15) is 38.3 Å². The van der Waals surface area contributed by atoms with E-state index in [1.165, 1.54) is 31.2 Å². The van der Waals surface area contributed by atoms with Gasteiger partial charge in [-0.2, -0.15) is 13.2 Å². The standard InChI is InChI=1S/C29H30Cl2F3N3O4S/c1-4-19(2)35-28(39)20(3)36(17-21-10-8-9-13-25(21)30)27(38)18-37(42(40,41)23-11-6-5-7-12-23)22-14-15-26(31)24(16-22)29(32,33)34/h5-16,19-20H,4,17-18H2,1-3H3,(H,35,39)/t19-,20+/m1/s1. The molecule has 0 radical (unpaired) electrons. The molecule has 1 N–H and O–H groups in total. The van der Waals surface area contributed by atoms with Gasteiger partial charge in [-0.25, -0.2) is 8.42 Å². The molecule has 7 nitrogen and oxygen atoms in total. The Kier molecular flexibility index (Phi) is 10.9. The van der Waals surface area contributed by atoms with Crippen molar-refractivity contribution in [3.8, 4) is 0 Å². The summed E-state index contributed by atoms with van der Waals surface area (Å²) in [5.74, 6) is -1.34. The van der Waals surface area contributed by atoms with Gasteiger partial charge in [0.1, 0.15) is 12.6 Å². The molecule has 2 atom stereocenters. The summed E-state index contributed by atoms with van der Waals surface area (Å²) in [6.07, 6.45) is -4.27. The lowest BCUT2D eigenvalue weighted by Gasteiger charge is -2.32. The van der Waals surface area contributed by atoms with E-state index in [1.807, 2.05) is 6.92 Å². The zero-order chi connectivity index (χ0) is 31.2. The Labute approximate surface area is 253 Å². The highest BCUT2D eigenvalue weighted by atomic mass is 35.5. The SMILES string of the molecule is CC[C@@H](C)NC(=O)[C@H](C)N(Cc1ccccc1Cl)C(=O)CN(c1ccc(Cl)c(C(F)(F)F)c1)S(=O)(=O)c1ccccc1. The fraction of sp³-hybridized carbons (Fsp3) is 0.310. The lowest BCUT2D eigenvalue weighted by atomic mass is 10.1. The maximum Gasteiger partial charge on any atom is 0.417 e. The minimum Gasteiger partial charge on any atom is -0.352 e. The highest BCUT2D eigenvalue weighted by molar-refractivity contribution is 7.92. The van der Waals surface area contributed by atoms with Crippen LogP contribution in [0.5, 0.6) is 0 Å². The van der Waals surface area contributed by atoms with Crippen molar-refractivity contribution in [2.24, 2.45) is 0 Å². The predicted molar refractivity (Wildman–Crippen MR) is 157 cm³/mol. The molecule has 42 heavy (non-hydrogen) atoms. The van der Waals surface area contributed by atoms with E-state index in [-0.39, 0.29) is 17.5 Å². The number of nitrogens with one attached hydrogen (secondary N) is 1. The number of anilines is 1. The van der Waals surface area contributed by atoms with E-state index in [4.69, 9.17) is 23.2 Å². The van der Waals surface area contributed by atoms with E-state index in [1.54, 1.807) is 37.3 Å². The number of carbonyl (C=O) groups is 2.